The molecule has 0 aliphatic heterocycles. The van der Waals surface area contributed by atoms with Crippen LogP contribution < -0.4 is 9.62 Å². The van der Waals surface area contributed by atoms with E-state index in [1.54, 1.807) is 60.7 Å². The van der Waals surface area contributed by atoms with Gasteiger partial charge in [-0.15, -0.1) is 0 Å². The molecule has 0 fully saturated rings. The van der Waals surface area contributed by atoms with Gasteiger partial charge in [-0.05, 0) is 26.5 Å². The van der Waals surface area contributed by atoms with Crippen LogP contribution in [0.5, 0.6) is 0 Å². The number of anilines is 1. The van der Waals surface area contributed by atoms with Crippen molar-refractivity contribution in [2.75, 3.05) is 30.8 Å². The molecule has 0 atom stereocenters. The van der Waals surface area contributed by atoms with Crippen molar-refractivity contribution in [3.8, 4) is 22.5 Å². The fraction of sp³-hybridized carbons (Fsp3) is 0.346. The lowest BCUT2D eigenvalue weighted by molar-refractivity contribution is -0.123. The lowest BCUT2D eigenvalue weighted by atomic mass is 10.0. The Morgan fingerprint density at radius 2 is 1.74 bits per heavy atom. The second kappa shape index (κ2) is 12.4. The molecule has 3 aromatic rings. The van der Waals surface area contributed by atoms with Gasteiger partial charge in [-0.2, -0.15) is 0 Å². The first-order chi connectivity index (χ1) is 21.9. The first-order valence-corrected chi connectivity index (χ1v) is 11.8. The molecule has 1 amide bonds. The molecule has 0 saturated carbocycles. The van der Waals surface area contributed by atoms with Crippen molar-refractivity contribution in [1.29, 1.82) is 0 Å². The fourth-order valence-corrected chi connectivity index (χ4v) is 3.42. The van der Waals surface area contributed by atoms with Gasteiger partial charge >= 0.3 is 0 Å². The standard InChI is InChI=1S/C26H32N4O4S/c1-20(2)30(16-10-11-17-34-19-24(31)29-35(3,32)33)23-18-27-25(21-12-6-4-7-13-21)26(28-23)22-14-8-5-9-15-22/h4-9,12-15,18,20H,10-11,16-17,19H2,1-3H3,(H,29,31)/i1D3,2D3,3D3,11D2,17D2. The Kier molecular flexibility index (Phi) is 4.86. The Morgan fingerprint density at radius 3 is 2.37 bits per heavy atom. The number of aromatic nitrogens is 2. The number of ether oxygens (including phenoxy) is 1. The molecule has 0 saturated heterocycles. The van der Waals surface area contributed by atoms with E-state index in [9.17, 15) is 13.2 Å². The summed E-state index contributed by atoms with van der Waals surface area (Å²) in [6, 6.07) is 15.2. The number of hydrogen-bond donors (Lipinski definition) is 1. The lowest BCUT2D eigenvalue weighted by Crippen LogP contribution is -2.33. The van der Waals surface area contributed by atoms with Crippen LogP contribution >= 0.6 is 0 Å². The largest absolute Gasteiger partial charge is 0.372 e. The summed E-state index contributed by atoms with van der Waals surface area (Å²) in [4.78, 5) is 21.9. The van der Waals surface area contributed by atoms with Gasteiger partial charge in [0, 0.05) is 45.4 Å². The Morgan fingerprint density at radius 1 is 1.09 bits per heavy atom. The monoisotopic (exact) mass is 509 g/mol. The van der Waals surface area contributed by atoms with Crippen LogP contribution in [0.1, 0.15) is 44.3 Å². The zero-order chi connectivity index (χ0) is 36.3. The molecule has 3 rings (SSSR count). The molecular weight excluding hydrogens is 464 g/mol. The highest BCUT2D eigenvalue weighted by Gasteiger charge is 2.17. The number of sulfonamides is 1. The van der Waals surface area contributed by atoms with Crippen molar-refractivity contribution in [2.24, 2.45) is 0 Å². The van der Waals surface area contributed by atoms with Gasteiger partial charge in [0.25, 0.3) is 5.91 Å². The predicted molar refractivity (Wildman–Crippen MR) is 138 cm³/mol. The Bertz CT molecular complexity index is 1650. The highest BCUT2D eigenvalue weighted by atomic mass is 32.2. The number of benzene rings is 2. The van der Waals surface area contributed by atoms with E-state index in [1.807, 2.05) is 0 Å². The van der Waals surface area contributed by atoms with E-state index in [-0.39, 0.29) is 11.5 Å². The zero-order valence-corrected chi connectivity index (χ0v) is 19.2. The Hall–Kier alpha value is -3.30. The normalized spacial score (nSPS) is 18.8. The van der Waals surface area contributed by atoms with Gasteiger partial charge in [-0.25, -0.2) is 13.4 Å². The number of nitrogens with one attached hydrogen (secondary N) is 1. The molecule has 0 spiro atoms. The van der Waals surface area contributed by atoms with Crippen LogP contribution in [0.25, 0.3) is 22.5 Å². The molecule has 0 radical (unpaired) electrons. The fourth-order valence-electron chi connectivity index (χ4n) is 3.06. The minimum absolute atomic E-state index is 0.249. The molecule has 1 heterocycles. The predicted octanol–water partition coefficient (Wildman–Crippen LogP) is 3.90. The molecule has 0 bridgehead atoms. The summed E-state index contributed by atoms with van der Waals surface area (Å²) < 4.78 is 131. The second-order valence-electron chi connectivity index (χ2n) is 7.10. The molecule has 1 N–H and O–H groups in total. The smallest absolute Gasteiger partial charge is 0.259 e. The molecule has 0 aliphatic carbocycles. The molecule has 2 aromatic carbocycles. The molecule has 186 valence electrons. The maximum absolute atomic E-state index is 12.0. The van der Waals surface area contributed by atoms with E-state index in [0.717, 1.165) is 11.1 Å². The first-order valence-electron chi connectivity index (χ1n) is 16.8. The molecule has 1 aromatic heterocycles. The lowest BCUT2D eigenvalue weighted by Gasteiger charge is -2.28. The first kappa shape index (κ1) is 13.7. The number of hydrogen-bond acceptors (Lipinski definition) is 7. The third-order valence-corrected chi connectivity index (χ3v) is 5.03. The molecule has 8 nitrogen and oxygen atoms in total. The Labute approximate surface area is 225 Å². The SMILES string of the molecule is [2H]C([2H])([2H])C(N(CCC([2H])([2H])C([2H])([2H])OCC(=O)NS(=O)(=O)C([2H])([2H])[2H])c1cnc(-c2ccccc2)c(-c2ccccc2)n1)C([2H])([2H])[2H]. The quantitative estimate of drug-likeness (QED) is 0.395. The summed E-state index contributed by atoms with van der Waals surface area (Å²) in [5.74, 6) is -1.86. The number of rotatable bonds is 12. The molecule has 0 unspecified atom stereocenters. The van der Waals surface area contributed by atoms with E-state index >= 15 is 0 Å². The number of amides is 1. The summed E-state index contributed by atoms with van der Waals surface area (Å²) in [7, 11) is -5.16. The van der Waals surface area contributed by atoms with E-state index in [0.29, 0.717) is 16.8 Å². The van der Waals surface area contributed by atoms with Crippen LogP contribution in [0.2, 0.25) is 0 Å². The van der Waals surface area contributed by atoms with Crippen LogP contribution in [-0.2, 0) is 19.6 Å². The summed E-state index contributed by atoms with van der Waals surface area (Å²) in [6.07, 6.45) is -6.48. The van der Waals surface area contributed by atoms with Crippen LogP contribution in [-0.4, -0.2) is 56.2 Å². The van der Waals surface area contributed by atoms with Gasteiger partial charge in [-0.3, -0.25) is 14.5 Å². The van der Waals surface area contributed by atoms with Gasteiger partial charge in [0.2, 0.25) is 10.0 Å². The van der Waals surface area contributed by atoms with Crippen LogP contribution in [0.15, 0.2) is 66.9 Å². The van der Waals surface area contributed by atoms with Crippen molar-refractivity contribution >= 4 is 21.7 Å². The molecule has 0 aliphatic rings. The van der Waals surface area contributed by atoms with Crippen molar-refractivity contribution in [1.82, 2.24) is 14.7 Å². The van der Waals surface area contributed by atoms with E-state index in [4.69, 9.17) is 22.6 Å². The van der Waals surface area contributed by atoms with E-state index in [2.05, 4.69) is 9.97 Å². The molecule has 9 heteroatoms. The molecular formula is C26H32N4O4S. The van der Waals surface area contributed by atoms with Gasteiger partial charge in [-0.1, -0.05) is 60.7 Å². The van der Waals surface area contributed by atoms with Gasteiger partial charge in [0.05, 0.1) is 26.5 Å². The second-order valence-corrected chi connectivity index (χ2v) is 8.31. The van der Waals surface area contributed by atoms with Crippen LogP contribution in [0.4, 0.5) is 5.82 Å². The average molecular weight is 510 g/mol. The van der Waals surface area contributed by atoms with Gasteiger partial charge < -0.3 is 9.64 Å². The molecule has 35 heavy (non-hydrogen) atoms. The van der Waals surface area contributed by atoms with Gasteiger partial charge in [0.1, 0.15) is 12.4 Å². The number of carbonyl (C=O) groups is 1. The van der Waals surface area contributed by atoms with Crippen molar-refractivity contribution in [2.45, 2.75) is 32.5 Å². The topological polar surface area (TPSA) is 101 Å². The van der Waals surface area contributed by atoms with Gasteiger partial charge in [0.15, 0.2) is 0 Å². The third kappa shape index (κ3) is 8.15. The van der Waals surface area contributed by atoms with Crippen molar-refractivity contribution < 1.29 is 35.8 Å². The highest BCUT2D eigenvalue weighted by molar-refractivity contribution is 7.89. The minimum atomic E-state index is -5.16. The average Bonchev–Trinajstić information content (AvgIpc) is 2.96. The highest BCUT2D eigenvalue weighted by Crippen LogP contribution is 2.30. The third-order valence-electron chi connectivity index (χ3n) is 4.53. The number of nitrogens with zero attached hydrogens (tertiary/aromatic N) is 3. The van der Waals surface area contributed by atoms with Crippen molar-refractivity contribution in [3.05, 3.63) is 66.9 Å². The summed E-state index contributed by atoms with van der Waals surface area (Å²) in [5.41, 5.74) is 1.81. The summed E-state index contributed by atoms with van der Waals surface area (Å²) in [5, 5.41) is 0. The maximum Gasteiger partial charge on any atom is 0.259 e. The zero-order valence-electron chi connectivity index (χ0n) is 31.4. The van der Waals surface area contributed by atoms with E-state index in [1.165, 1.54) is 4.72 Å². The summed E-state index contributed by atoms with van der Waals surface area (Å²) in [6.45, 7) is -11.9. The Balaban J connectivity index is 2.02. The summed E-state index contributed by atoms with van der Waals surface area (Å²) >= 11 is 0. The van der Waals surface area contributed by atoms with Crippen LogP contribution in [0.3, 0.4) is 0 Å². The van der Waals surface area contributed by atoms with Crippen LogP contribution in [0, 0.1) is 0 Å². The number of carbonyl (C=O) groups excluding carboxylic acids is 1. The minimum Gasteiger partial charge on any atom is -0.372 e. The maximum atomic E-state index is 12.0. The van der Waals surface area contributed by atoms with Crippen molar-refractivity contribution in [3.63, 3.8) is 0 Å². The van der Waals surface area contributed by atoms with E-state index < -0.39 is 74.4 Å².